The van der Waals surface area contributed by atoms with Crippen molar-refractivity contribution >= 4 is 27.7 Å². The maximum Gasteiger partial charge on any atom is 0.137 e. The molecule has 0 spiro atoms. The second-order valence-corrected chi connectivity index (χ2v) is 5.85. The van der Waals surface area contributed by atoms with Gasteiger partial charge < -0.3 is 0 Å². The van der Waals surface area contributed by atoms with E-state index in [2.05, 4.69) is 41.1 Å². The lowest BCUT2D eigenvalue weighted by molar-refractivity contribution is 0.247. The average molecular weight is 320 g/mol. The normalized spacial score (nSPS) is 13.1. The van der Waals surface area contributed by atoms with Crippen molar-refractivity contribution in [2.24, 2.45) is 0 Å². The summed E-state index contributed by atoms with van der Waals surface area (Å²) in [6.45, 7) is 2.97. The van der Waals surface area contributed by atoms with Gasteiger partial charge in [0.25, 0.3) is 0 Å². The van der Waals surface area contributed by atoms with Crippen LogP contribution in [0, 0.1) is 5.82 Å². The Labute approximate surface area is 116 Å². The number of nitrogens with zero attached hydrogens (tertiary/aromatic N) is 1. The maximum absolute atomic E-state index is 13.4. The molecule has 0 fully saturated rings. The van der Waals surface area contributed by atoms with Crippen molar-refractivity contribution in [2.45, 2.75) is 25.9 Å². The molecule has 0 amide bonds. The fourth-order valence-electron chi connectivity index (χ4n) is 1.82. The molecule has 1 rings (SSSR count). The van der Waals surface area contributed by atoms with E-state index >= 15 is 0 Å². The third kappa shape index (κ3) is 4.27. The van der Waals surface area contributed by atoms with Crippen molar-refractivity contribution in [3.63, 3.8) is 0 Å². The molecule has 1 atom stereocenters. The summed E-state index contributed by atoms with van der Waals surface area (Å²) in [7, 11) is 2.10. The van der Waals surface area contributed by atoms with Gasteiger partial charge in [-0.05, 0) is 47.3 Å². The Bertz CT molecular complexity index is 359. The Hall–Kier alpha value is -0.0600. The van der Waals surface area contributed by atoms with Crippen LogP contribution in [0.1, 0.15) is 18.9 Å². The quantitative estimate of drug-likeness (QED) is 0.774. The summed E-state index contributed by atoms with van der Waals surface area (Å²) in [5.41, 5.74) is 1.01. The molecule has 0 radical (unpaired) electrons. The molecule has 1 nitrogen and oxygen atoms in total. The molecule has 0 aliphatic carbocycles. The number of benzene rings is 1. The second kappa shape index (κ2) is 7.39. The van der Waals surface area contributed by atoms with Crippen LogP contribution >= 0.6 is 27.7 Å². The lowest BCUT2D eigenvalue weighted by Crippen LogP contribution is -2.32. The summed E-state index contributed by atoms with van der Waals surface area (Å²) in [6.07, 6.45) is 3.23. The number of thioether (sulfide) groups is 1. The minimum Gasteiger partial charge on any atom is -0.298 e. The minimum atomic E-state index is -0.186. The zero-order chi connectivity index (χ0) is 12.8. The lowest BCUT2D eigenvalue weighted by Gasteiger charge is -2.27. The highest BCUT2D eigenvalue weighted by atomic mass is 79.9. The zero-order valence-electron chi connectivity index (χ0n) is 10.5. The smallest absolute Gasteiger partial charge is 0.137 e. The van der Waals surface area contributed by atoms with Crippen LogP contribution in [0.4, 0.5) is 4.39 Å². The molecule has 1 aromatic carbocycles. The van der Waals surface area contributed by atoms with Gasteiger partial charge in [-0.15, -0.1) is 0 Å². The number of hydrogen-bond donors (Lipinski definition) is 0. The van der Waals surface area contributed by atoms with Gasteiger partial charge in [0.2, 0.25) is 0 Å². The first-order valence-corrected chi connectivity index (χ1v) is 7.90. The summed E-state index contributed by atoms with van der Waals surface area (Å²) in [5.74, 6) is 0.925. The van der Waals surface area contributed by atoms with Crippen LogP contribution in [0.2, 0.25) is 0 Å². The van der Waals surface area contributed by atoms with Gasteiger partial charge in [-0.2, -0.15) is 11.8 Å². The fraction of sp³-hybridized carbons (Fsp3) is 0.538. The van der Waals surface area contributed by atoms with Gasteiger partial charge in [-0.3, -0.25) is 4.90 Å². The van der Waals surface area contributed by atoms with Crippen LogP contribution in [0.3, 0.4) is 0 Å². The van der Waals surface area contributed by atoms with E-state index in [1.807, 2.05) is 17.8 Å². The minimum absolute atomic E-state index is 0.186. The van der Waals surface area contributed by atoms with E-state index in [4.69, 9.17) is 0 Å². The summed E-state index contributed by atoms with van der Waals surface area (Å²) < 4.78 is 14.0. The summed E-state index contributed by atoms with van der Waals surface area (Å²) >= 11 is 5.16. The molecule has 0 heterocycles. The number of halogens is 2. The number of hydrogen-bond acceptors (Lipinski definition) is 2. The largest absolute Gasteiger partial charge is 0.298 e. The van der Waals surface area contributed by atoms with Crippen molar-refractivity contribution in [1.82, 2.24) is 4.90 Å². The van der Waals surface area contributed by atoms with Gasteiger partial charge in [-0.1, -0.05) is 19.1 Å². The van der Waals surface area contributed by atoms with Crippen LogP contribution in [0.25, 0.3) is 0 Å². The van der Waals surface area contributed by atoms with E-state index in [0.29, 0.717) is 10.5 Å². The van der Waals surface area contributed by atoms with Crippen LogP contribution in [0.5, 0.6) is 0 Å². The predicted molar refractivity (Wildman–Crippen MR) is 78.0 cm³/mol. The Kier molecular flexibility index (Phi) is 6.52. The Morgan fingerprint density at radius 3 is 2.76 bits per heavy atom. The zero-order valence-corrected chi connectivity index (χ0v) is 12.9. The van der Waals surface area contributed by atoms with Crippen molar-refractivity contribution < 1.29 is 4.39 Å². The van der Waals surface area contributed by atoms with E-state index in [9.17, 15) is 4.39 Å². The monoisotopic (exact) mass is 319 g/mol. The highest BCUT2D eigenvalue weighted by molar-refractivity contribution is 9.10. The SMILES string of the molecule is CCC(CSC)N(C)Cc1cccc(F)c1Br. The standard InChI is InChI=1S/C13H19BrFNS/c1-4-11(9-17-3)16(2)8-10-6-5-7-12(15)13(10)14/h5-7,11H,4,8-9H2,1-3H3. The molecule has 0 aromatic heterocycles. The first kappa shape index (κ1) is 15.0. The molecular formula is C13H19BrFNS. The summed E-state index contributed by atoms with van der Waals surface area (Å²) in [6, 6.07) is 5.75. The molecule has 1 unspecified atom stereocenters. The average Bonchev–Trinajstić information content (AvgIpc) is 2.31. The van der Waals surface area contributed by atoms with Gasteiger partial charge in [0.1, 0.15) is 5.82 Å². The van der Waals surface area contributed by atoms with Gasteiger partial charge in [0.05, 0.1) is 4.47 Å². The Balaban J connectivity index is 2.72. The molecule has 0 saturated carbocycles. The third-order valence-electron chi connectivity index (χ3n) is 2.90. The first-order valence-electron chi connectivity index (χ1n) is 5.72. The Morgan fingerprint density at radius 1 is 1.47 bits per heavy atom. The molecule has 0 aliphatic rings. The fourth-order valence-corrected chi connectivity index (χ4v) is 3.08. The molecule has 96 valence electrons. The third-order valence-corrected chi connectivity index (χ3v) is 4.51. The van der Waals surface area contributed by atoms with Crippen molar-refractivity contribution in [3.05, 3.63) is 34.1 Å². The van der Waals surface area contributed by atoms with E-state index in [1.165, 1.54) is 6.07 Å². The summed E-state index contributed by atoms with van der Waals surface area (Å²) in [4.78, 5) is 2.29. The van der Waals surface area contributed by atoms with Crippen molar-refractivity contribution in [2.75, 3.05) is 19.1 Å². The van der Waals surface area contributed by atoms with E-state index in [0.717, 1.165) is 24.3 Å². The summed E-state index contributed by atoms with van der Waals surface area (Å²) in [5, 5.41) is 0. The van der Waals surface area contributed by atoms with E-state index in [1.54, 1.807) is 6.07 Å². The van der Waals surface area contributed by atoms with Crippen LogP contribution in [-0.2, 0) is 6.54 Å². The molecule has 0 N–H and O–H groups in total. The highest BCUT2D eigenvalue weighted by Gasteiger charge is 2.14. The van der Waals surface area contributed by atoms with E-state index < -0.39 is 0 Å². The molecule has 0 aliphatic heterocycles. The highest BCUT2D eigenvalue weighted by Crippen LogP contribution is 2.22. The molecule has 4 heteroatoms. The number of rotatable bonds is 6. The van der Waals surface area contributed by atoms with Gasteiger partial charge in [-0.25, -0.2) is 4.39 Å². The van der Waals surface area contributed by atoms with Crippen LogP contribution in [-0.4, -0.2) is 30.0 Å². The molecular weight excluding hydrogens is 301 g/mol. The molecule has 0 bridgehead atoms. The van der Waals surface area contributed by atoms with Crippen LogP contribution in [0.15, 0.2) is 22.7 Å². The lowest BCUT2D eigenvalue weighted by atomic mass is 10.1. The van der Waals surface area contributed by atoms with Crippen molar-refractivity contribution in [1.29, 1.82) is 0 Å². The van der Waals surface area contributed by atoms with Gasteiger partial charge in [0.15, 0.2) is 0 Å². The van der Waals surface area contributed by atoms with E-state index in [-0.39, 0.29) is 5.82 Å². The predicted octanol–water partition coefficient (Wildman–Crippen LogP) is 4.16. The van der Waals surface area contributed by atoms with Gasteiger partial charge in [0, 0.05) is 18.3 Å². The Morgan fingerprint density at radius 2 is 2.18 bits per heavy atom. The second-order valence-electron chi connectivity index (χ2n) is 4.15. The van der Waals surface area contributed by atoms with Crippen LogP contribution < -0.4 is 0 Å². The topological polar surface area (TPSA) is 3.24 Å². The molecule has 0 saturated heterocycles. The molecule has 1 aromatic rings. The first-order chi connectivity index (χ1) is 8.10. The van der Waals surface area contributed by atoms with Gasteiger partial charge >= 0.3 is 0 Å². The van der Waals surface area contributed by atoms with Crippen molar-refractivity contribution in [3.8, 4) is 0 Å². The molecule has 17 heavy (non-hydrogen) atoms. The maximum atomic E-state index is 13.4.